The maximum absolute atomic E-state index is 13.9. The van der Waals surface area contributed by atoms with E-state index in [0.29, 0.717) is 6.07 Å². The van der Waals surface area contributed by atoms with Gasteiger partial charge in [0.05, 0.1) is 32.6 Å². The molecule has 0 saturated heterocycles. The molecule has 33 heavy (non-hydrogen) atoms. The fourth-order valence-electron chi connectivity index (χ4n) is 3.87. The Morgan fingerprint density at radius 1 is 1.09 bits per heavy atom. The van der Waals surface area contributed by atoms with Crippen molar-refractivity contribution in [1.82, 2.24) is 4.98 Å². The summed E-state index contributed by atoms with van der Waals surface area (Å²) >= 11 is 0. The third kappa shape index (κ3) is 5.04. The molecule has 1 N–H and O–H groups in total. The molecule has 0 spiro atoms. The van der Waals surface area contributed by atoms with Crippen molar-refractivity contribution in [2.24, 2.45) is 5.92 Å². The van der Waals surface area contributed by atoms with Crippen LogP contribution in [0.25, 0.3) is 11.1 Å². The van der Waals surface area contributed by atoms with E-state index >= 15 is 0 Å². The van der Waals surface area contributed by atoms with Crippen LogP contribution < -0.4 is 0 Å². The van der Waals surface area contributed by atoms with Crippen LogP contribution in [0.3, 0.4) is 0 Å². The summed E-state index contributed by atoms with van der Waals surface area (Å²) in [5.41, 5.74) is -1.46. The first-order valence-electron chi connectivity index (χ1n) is 9.52. The summed E-state index contributed by atoms with van der Waals surface area (Å²) in [4.78, 5) is 14.0. The molecule has 0 amide bonds. The Kier molecular flexibility index (Phi) is 6.61. The van der Waals surface area contributed by atoms with Crippen molar-refractivity contribution >= 4 is 25.6 Å². The average Bonchev–Trinajstić information content (AvgIpc) is 3.18. The molecule has 8 nitrogen and oxygen atoms in total. The van der Waals surface area contributed by atoms with E-state index in [-0.39, 0.29) is 28.9 Å². The van der Waals surface area contributed by atoms with Gasteiger partial charge >= 0.3 is 12.1 Å². The van der Waals surface area contributed by atoms with E-state index in [9.17, 15) is 39.9 Å². The van der Waals surface area contributed by atoms with Crippen molar-refractivity contribution in [3.8, 4) is 11.1 Å². The number of carbonyl (C=O) groups is 1. The van der Waals surface area contributed by atoms with Crippen LogP contribution in [-0.4, -0.2) is 57.6 Å². The van der Waals surface area contributed by atoms with Crippen molar-refractivity contribution < 1.29 is 44.6 Å². The molecule has 1 heterocycles. The van der Waals surface area contributed by atoms with E-state index in [4.69, 9.17) is 4.74 Å². The zero-order chi connectivity index (χ0) is 24.8. The minimum absolute atomic E-state index is 0.0543. The maximum atomic E-state index is 13.9. The highest BCUT2D eigenvalue weighted by Crippen LogP contribution is 2.42. The minimum atomic E-state index is -5.05. The van der Waals surface area contributed by atoms with E-state index in [1.54, 1.807) is 0 Å². The third-order valence-corrected chi connectivity index (χ3v) is 8.90. The first kappa shape index (κ1) is 25.1. The topological polar surface area (TPSA) is 128 Å². The van der Waals surface area contributed by atoms with Crippen LogP contribution in [-0.2, 0) is 35.4 Å². The number of rotatable bonds is 6. The fraction of sp³-hybridized carbons (Fsp3) is 0.400. The van der Waals surface area contributed by atoms with Gasteiger partial charge in [-0.1, -0.05) is 6.07 Å². The van der Waals surface area contributed by atoms with Crippen molar-refractivity contribution in [1.29, 1.82) is 0 Å². The molecule has 1 aliphatic carbocycles. The molecule has 1 aliphatic rings. The van der Waals surface area contributed by atoms with Gasteiger partial charge in [0.25, 0.3) is 0 Å². The monoisotopic (exact) mass is 507 g/mol. The zero-order valence-corrected chi connectivity index (χ0v) is 19.0. The molecule has 1 aromatic carbocycles. The standard InChI is InChI=1S/C20H20F3NO7S2/c1-31-17-8-13(7-15(17)19(25)26)33(29,30)18-4-3-11(6-16(18)20(21,22)23)12-5-14(10-24-9-12)32(2,27)28/h3-6,9-10,13,15,17H,7-8H2,1-2H3,(H,25,26)/t13-,15-,17-/m1/s1. The summed E-state index contributed by atoms with van der Waals surface area (Å²) in [5.74, 6) is -2.45. The number of pyridine rings is 1. The molecule has 2 aromatic rings. The lowest BCUT2D eigenvalue weighted by Crippen LogP contribution is -2.24. The summed E-state index contributed by atoms with van der Waals surface area (Å²) in [7, 11) is -7.03. The number of halogens is 3. The van der Waals surface area contributed by atoms with Gasteiger partial charge in [-0.25, -0.2) is 16.8 Å². The molecular weight excluding hydrogens is 487 g/mol. The van der Waals surface area contributed by atoms with Gasteiger partial charge in [0, 0.05) is 31.3 Å². The number of ether oxygens (including phenoxy) is 1. The Bertz CT molecular complexity index is 1290. The predicted molar refractivity (Wildman–Crippen MR) is 110 cm³/mol. The molecule has 13 heteroatoms. The average molecular weight is 508 g/mol. The summed E-state index contributed by atoms with van der Waals surface area (Å²) in [6, 6.07) is 3.69. The second-order valence-electron chi connectivity index (χ2n) is 7.75. The fourth-order valence-corrected chi connectivity index (χ4v) is 6.46. The number of methoxy groups -OCH3 is 1. The van der Waals surface area contributed by atoms with Gasteiger partial charge in [-0.15, -0.1) is 0 Å². The molecular formula is C20H20F3NO7S2. The molecule has 0 aliphatic heterocycles. The molecule has 0 unspecified atom stereocenters. The number of carboxylic acids is 1. The lowest BCUT2D eigenvalue weighted by Gasteiger charge is -2.18. The highest BCUT2D eigenvalue weighted by molar-refractivity contribution is 7.92. The van der Waals surface area contributed by atoms with Crippen molar-refractivity contribution in [2.75, 3.05) is 13.4 Å². The molecule has 1 aromatic heterocycles. The van der Waals surface area contributed by atoms with Crippen LogP contribution >= 0.6 is 0 Å². The van der Waals surface area contributed by atoms with Gasteiger partial charge in [0.2, 0.25) is 0 Å². The quantitative estimate of drug-likeness (QED) is 0.632. The lowest BCUT2D eigenvalue weighted by molar-refractivity contribution is -0.145. The Morgan fingerprint density at radius 3 is 2.27 bits per heavy atom. The molecule has 1 saturated carbocycles. The summed E-state index contributed by atoms with van der Waals surface area (Å²) in [5, 5.41) is 7.92. The zero-order valence-electron chi connectivity index (χ0n) is 17.4. The number of hydrogen-bond acceptors (Lipinski definition) is 7. The number of alkyl halides is 3. The Balaban J connectivity index is 2.10. The van der Waals surface area contributed by atoms with Crippen LogP contribution in [0.5, 0.6) is 0 Å². The molecule has 3 rings (SSSR count). The van der Waals surface area contributed by atoms with Gasteiger partial charge in [-0.2, -0.15) is 13.2 Å². The maximum Gasteiger partial charge on any atom is 0.417 e. The first-order valence-corrected chi connectivity index (χ1v) is 13.0. The summed E-state index contributed by atoms with van der Waals surface area (Å²) in [6.07, 6.45) is -3.50. The highest BCUT2D eigenvalue weighted by Gasteiger charge is 2.47. The van der Waals surface area contributed by atoms with Crippen LogP contribution in [0.15, 0.2) is 46.5 Å². The highest BCUT2D eigenvalue weighted by atomic mass is 32.2. The van der Waals surface area contributed by atoms with E-state index in [1.165, 1.54) is 7.11 Å². The van der Waals surface area contributed by atoms with E-state index in [0.717, 1.165) is 36.8 Å². The summed E-state index contributed by atoms with van der Waals surface area (Å²) < 4.78 is 96.4. The van der Waals surface area contributed by atoms with E-state index in [2.05, 4.69) is 4.98 Å². The number of sulfone groups is 2. The lowest BCUT2D eigenvalue weighted by atomic mass is 10.0. The van der Waals surface area contributed by atoms with Crippen LogP contribution in [0.1, 0.15) is 18.4 Å². The van der Waals surface area contributed by atoms with Gasteiger partial charge in [0.15, 0.2) is 19.7 Å². The number of nitrogens with zero attached hydrogens (tertiary/aromatic N) is 1. The van der Waals surface area contributed by atoms with Crippen molar-refractivity contribution in [3.63, 3.8) is 0 Å². The number of benzene rings is 1. The van der Waals surface area contributed by atoms with E-state index in [1.807, 2.05) is 0 Å². The molecule has 0 radical (unpaired) electrons. The molecule has 1 fully saturated rings. The largest absolute Gasteiger partial charge is 0.481 e. The van der Waals surface area contributed by atoms with Gasteiger partial charge in [-0.05, 0) is 36.6 Å². The van der Waals surface area contributed by atoms with Crippen LogP contribution in [0.2, 0.25) is 0 Å². The SMILES string of the molecule is CO[C@@H]1C[C@H](S(=O)(=O)c2ccc(-c3cncc(S(C)(=O)=O)c3)cc2C(F)(F)F)C[C@H]1C(=O)O. The number of carboxylic acid groups (broad SMARTS) is 1. The second kappa shape index (κ2) is 8.69. The van der Waals surface area contributed by atoms with Gasteiger partial charge in [-0.3, -0.25) is 9.78 Å². The molecule has 180 valence electrons. The molecule has 3 atom stereocenters. The number of aliphatic carboxylic acids is 1. The third-order valence-electron chi connectivity index (χ3n) is 5.59. The Labute approximate surface area is 188 Å². The Morgan fingerprint density at radius 2 is 1.76 bits per heavy atom. The second-order valence-corrected chi connectivity index (χ2v) is 12.0. The van der Waals surface area contributed by atoms with Crippen molar-refractivity contribution in [3.05, 3.63) is 42.2 Å². The van der Waals surface area contributed by atoms with Gasteiger partial charge in [0.1, 0.15) is 0 Å². The molecule has 0 bridgehead atoms. The number of aromatic nitrogens is 1. The smallest absolute Gasteiger partial charge is 0.417 e. The predicted octanol–water partition coefficient (Wildman–Crippen LogP) is 2.82. The van der Waals surface area contributed by atoms with Crippen LogP contribution in [0, 0.1) is 5.92 Å². The summed E-state index contributed by atoms with van der Waals surface area (Å²) in [6.45, 7) is 0. The van der Waals surface area contributed by atoms with Crippen LogP contribution in [0.4, 0.5) is 13.2 Å². The minimum Gasteiger partial charge on any atom is -0.481 e. The van der Waals surface area contributed by atoms with Crippen molar-refractivity contribution in [2.45, 2.75) is 40.2 Å². The first-order chi connectivity index (χ1) is 15.2. The normalized spacial score (nSPS) is 21.8. The van der Waals surface area contributed by atoms with E-state index < -0.39 is 59.6 Å². The van der Waals surface area contributed by atoms with Gasteiger partial charge < -0.3 is 9.84 Å². The Hall–Kier alpha value is -2.51. The number of hydrogen-bond donors (Lipinski definition) is 1.